The van der Waals surface area contributed by atoms with E-state index >= 15 is 0 Å². The zero-order valence-corrected chi connectivity index (χ0v) is 9.04. The van der Waals surface area contributed by atoms with Crippen LogP contribution >= 0.6 is 11.8 Å². The van der Waals surface area contributed by atoms with Crippen molar-refractivity contribution in [2.45, 2.75) is 19.0 Å². The van der Waals surface area contributed by atoms with E-state index in [9.17, 15) is 4.79 Å². The minimum Gasteiger partial charge on any atom is -0.345 e. The number of nitrogens with zero attached hydrogens (tertiary/aromatic N) is 3. The Labute approximate surface area is 90.8 Å². The van der Waals surface area contributed by atoms with Crippen LogP contribution in [0.15, 0.2) is 0 Å². The Morgan fingerprint density at radius 1 is 1.73 bits per heavy atom. The second-order valence-corrected chi connectivity index (χ2v) is 4.30. The molecular weight excluding hydrogens is 216 g/mol. The average molecular weight is 228 g/mol. The second-order valence-electron chi connectivity index (χ2n) is 3.27. The maximum Gasteiger partial charge on any atom is 0.238 e. The molecule has 1 aromatic rings. The van der Waals surface area contributed by atoms with Crippen molar-refractivity contribution in [2.75, 3.05) is 11.6 Å². The lowest BCUT2D eigenvalue weighted by molar-refractivity contribution is -0.123. The normalized spacial score (nSPS) is 22.6. The summed E-state index contributed by atoms with van der Waals surface area (Å²) in [5.74, 6) is 2.12. The van der Waals surface area contributed by atoms with E-state index in [1.807, 2.05) is 6.92 Å². The maximum absolute atomic E-state index is 11.7. The summed E-state index contributed by atoms with van der Waals surface area (Å²) >= 11 is 1.71. The molecule has 1 fully saturated rings. The van der Waals surface area contributed by atoms with Crippen LogP contribution in [0.3, 0.4) is 0 Å². The number of rotatable bonds is 3. The topological polar surface area (TPSA) is 95.6 Å². The van der Waals surface area contributed by atoms with Crippen LogP contribution < -0.4 is 10.6 Å². The van der Waals surface area contributed by atoms with Crippen LogP contribution in [0.2, 0.25) is 0 Å². The molecule has 0 aromatic carbocycles. The molecule has 8 heteroatoms. The van der Waals surface area contributed by atoms with Gasteiger partial charge in [0.05, 0.1) is 12.1 Å². The first-order chi connectivity index (χ1) is 7.27. The number of tetrazole rings is 1. The van der Waals surface area contributed by atoms with E-state index in [0.717, 1.165) is 11.6 Å². The lowest BCUT2D eigenvalue weighted by Gasteiger charge is -2.13. The SMILES string of the molecule is CC(NC(=O)C1CSCN1)c1nn[nH]n1. The number of thioether (sulfide) groups is 1. The summed E-state index contributed by atoms with van der Waals surface area (Å²) in [5.41, 5.74) is 0. The molecular formula is C7H12N6OS. The average Bonchev–Trinajstić information content (AvgIpc) is 2.91. The molecule has 0 radical (unpaired) electrons. The third-order valence-electron chi connectivity index (χ3n) is 2.14. The molecule has 2 rings (SSSR count). The molecule has 2 heterocycles. The van der Waals surface area contributed by atoms with Crippen LogP contribution in [0.5, 0.6) is 0 Å². The van der Waals surface area contributed by atoms with E-state index < -0.39 is 0 Å². The third kappa shape index (κ3) is 2.45. The second kappa shape index (κ2) is 4.58. The largest absolute Gasteiger partial charge is 0.345 e. The van der Waals surface area contributed by atoms with E-state index in [4.69, 9.17) is 0 Å². The summed E-state index contributed by atoms with van der Waals surface area (Å²) in [6, 6.07) is -0.326. The summed E-state index contributed by atoms with van der Waals surface area (Å²) in [7, 11) is 0. The van der Waals surface area contributed by atoms with E-state index in [1.165, 1.54) is 0 Å². The molecule has 82 valence electrons. The Morgan fingerprint density at radius 3 is 3.20 bits per heavy atom. The zero-order valence-electron chi connectivity index (χ0n) is 8.23. The van der Waals surface area contributed by atoms with Crippen molar-refractivity contribution >= 4 is 17.7 Å². The summed E-state index contributed by atoms with van der Waals surface area (Å²) in [4.78, 5) is 11.7. The quantitative estimate of drug-likeness (QED) is 0.616. The molecule has 0 bridgehead atoms. The molecule has 2 unspecified atom stereocenters. The van der Waals surface area contributed by atoms with Crippen LogP contribution in [0, 0.1) is 0 Å². The van der Waals surface area contributed by atoms with Gasteiger partial charge in [0.25, 0.3) is 0 Å². The van der Waals surface area contributed by atoms with Gasteiger partial charge in [0.2, 0.25) is 5.91 Å². The first-order valence-electron chi connectivity index (χ1n) is 4.62. The van der Waals surface area contributed by atoms with Gasteiger partial charge in [-0.15, -0.1) is 22.0 Å². The fourth-order valence-electron chi connectivity index (χ4n) is 1.30. The van der Waals surface area contributed by atoms with Gasteiger partial charge in [0.15, 0.2) is 5.82 Å². The lowest BCUT2D eigenvalue weighted by atomic mass is 10.2. The lowest BCUT2D eigenvalue weighted by Crippen LogP contribution is -2.43. The maximum atomic E-state index is 11.7. The van der Waals surface area contributed by atoms with Crippen LogP contribution in [0.1, 0.15) is 18.8 Å². The molecule has 2 atom stereocenters. The molecule has 1 aliphatic rings. The number of hydrogen-bond donors (Lipinski definition) is 3. The molecule has 0 saturated carbocycles. The minimum absolute atomic E-state index is 0.0164. The van der Waals surface area contributed by atoms with E-state index in [2.05, 4.69) is 31.3 Å². The van der Waals surface area contributed by atoms with Crippen molar-refractivity contribution in [2.24, 2.45) is 0 Å². The van der Waals surface area contributed by atoms with Crippen LogP contribution in [-0.2, 0) is 4.79 Å². The highest BCUT2D eigenvalue weighted by Gasteiger charge is 2.24. The number of amides is 1. The molecule has 0 aliphatic carbocycles. The van der Waals surface area contributed by atoms with Gasteiger partial charge in [-0.2, -0.15) is 5.21 Å². The number of nitrogens with one attached hydrogen (secondary N) is 3. The van der Waals surface area contributed by atoms with Crippen molar-refractivity contribution < 1.29 is 4.79 Å². The molecule has 1 amide bonds. The smallest absolute Gasteiger partial charge is 0.238 e. The fraction of sp³-hybridized carbons (Fsp3) is 0.714. The number of hydrogen-bond acceptors (Lipinski definition) is 6. The van der Waals surface area contributed by atoms with E-state index in [-0.39, 0.29) is 18.0 Å². The standard InChI is InChI=1S/C7H12N6OS/c1-4(6-10-12-13-11-6)9-7(14)5-2-15-3-8-5/h4-5,8H,2-3H2,1H3,(H,9,14)(H,10,11,12,13). The Morgan fingerprint density at radius 2 is 2.60 bits per heavy atom. The molecule has 7 nitrogen and oxygen atoms in total. The highest BCUT2D eigenvalue weighted by Crippen LogP contribution is 2.11. The van der Waals surface area contributed by atoms with Gasteiger partial charge in [-0.1, -0.05) is 5.21 Å². The third-order valence-corrected chi connectivity index (χ3v) is 3.08. The molecule has 0 spiro atoms. The molecule has 1 saturated heterocycles. The van der Waals surface area contributed by atoms with Gasteiger partial charge in [-0.3, -0.25) is 10.1 Å². The van der Waals surface area contributed by atoms with Gasteiger partial charge < -0.3 is 5.32 Å². The van der Waals surface area contributed by atoms with Crippen LogP contribution in [-0.4, -0.2) is 44.2 Å². The first-order valence-corrected chi connectivity index (χ1v) is 5.77. The summed E-state index contributed by atoms with van der Waals surface area (Å²) in [5, 5.41) is 19.3. The van der Waals surface area contributed by atoms with Crippen molar-refractivity contribution in [3.05, 3.63) is 5.82 Å². The summed E-state index contributed by atoms with van der Waals surface area (Å²) in [6.45, 7) is 1.82. The van der Waals surface area contributed by atoms with Gasteiger partial charge in [0, 0.05) is 11.6 Å². The Balaban J connectivity index is 1.88. The van der Waals surface area contributed by atoms with Crippen LogP contribution in [0.4, 0.5) is 0 Å². The molecule has 15 heavy (non-hydrogen) atoms. The highest BCUT2D eigenvalue weighted by atomic mass is 32.2. The number of carbonyl (C=O) groups excluding carboxylic acids is 1. The van der Waals surface area contributed by atoms with E-state index in [0.29, 0.717) is 5.82 Å². The van der Waals surface area contributed by atoms with Crippen molar-refractivity contribution in [3.8, 4) is 0 Å². The molecule has 1 aliphatic heterocycles. The minimum atomic E-state index is -0.219. The van der Waals surface area contributed by atoms with Crippen molar-refractivity contribution in [3.63, 3.8) is 0 Å². The Hall–Kier alpha value is -1.15. The van der Waals surface area contributed by atoms with Gasteiger partial charge in [-0.25, -0.2) is 0 Å². The summed E-state index contributed by atoms with van der Waals surface area (Å²) < 4.78 is 0. The first kappa shape index (κ1) is 10.4. The molecule has 3 N–H and O–H groups in total. The zero-order chi connectivity index (χ0) is 10.7. The number of aromatic amines is 1. The Kier molecular flexibility index (Phi) is 3.17. The van der Waals surface area contributed by atoms with Gasteiger partial charge >= 0.3 is 0 Å². The highest BCUT2D eigenvalue weighted by molar-refractivity contribution is 7.99. The fourth-order valence-corrected chi connectivity index (χ4v) is 2.24. The van der Waals surface area contributed by atoms with Crippen molar-refractivity contribution in [1.82, 2.24) is 31.3 Å². The predicted octanol–water partition coefficient (Wildman–Crippen LogP) is -0.961. The van der Waals surface area contributed by atoms with Crippen LogP contribution in [0.25, 0.3) is 0 Å². The molecule has 1 aromatic heterocycles. The van der Waals surface area contributed by atoms with Gasteiger partial charge in [-0.05, 0) is 6.92 Å². The summed E-state index contributed by atoms with van der Waals surface area (Å²) in [6.07, 6.45) is 0. The monoisotopic (exact) mass is 228 g/mol. The number of H-pyrrole nitrogens is 1. The number of carbonyl (C=O) groups is 1. The van der Waals surface area contributed by atoms with Crippen molar-refractivity contribution in [1.29, 1.82) is 0 Å². The number of aromatic nitrogens is 4. The predicted molar refractivity (Wildman–Crippen MR) is 55.0 cm³/mol. The Bertz CT molecular complexity index is 322. The van der Waals surface area contributed by atoms with Gasteiger partial charge in [0.1, 0.15) is 0 Å². The van der Waals surface area contributed by atoms with E-state index in [1.54, 1.807) is 11.8 Å².